The summed E-state index contributed by atoms with van der Waals surface area (Å²) in [6.45, 7) is 0. The maximum absolute atomic E-state index is 12.9. The number of carbonyl (C=O) groups excluding carboxylic acids is 1. The molecule has 0 atom stereocenters. The molecule has 3 rings (SSSR count). The first-order valence-electron chi connectivity index (χ1n) is 10.8. The van der Waals surface area contributed by atoms with E-state index in [4.69, 9.17) is 35.2 Å². The Morgan fingerprint density at radius 3 is 1.92 bits per heavy atom. The summed E-state index contributed by atoms with van der Waals surface area (Å²) in [5.74, 6) is 0.445. The third kappa shape index (κ3) is 6.85. The largest absolute Gasteiger partial charge is 0.496 e. The molecule has 11 heteroatoms. The molecule has 0 aliphatic rings. The van der Waals surface area contributed by atoms with E-state index < -0.39 is 15.8 Å². The van der Waals surface area contributed by atoms with Gasteiger partial charge in [0.15, 0.2) is 21.3 Å². The third-order valence-corrected chi connectivity index (χ3v) is 6.49. The second kappa shape index (κ2) is 11.6. The lowest BCUT2D eigenvalue weighted by Crippen LogP contribution is -2.11. The molecule has 0 spiro atoms. The smallest absolute Gasteiger partial charge is 0.343 e. The van der Waals surface area contributed by atoms with Gasteiger partial charge in [-0.3, -0.25) is 0 Å². The average Bonchev–Trinajstić information content (AvgIpc) is 2.86. The number of ether oxygens (including phenoxy) is 5. The third-order valence-electron chi connectivity index (χ3n) is 5.21. The normalized spacial score (nSPS) is 11.2. The van der Waals surface area contributed by atoms with Gasteiger partial charge in [0.25, 0.3) is 0 Å². The van der Waals surface area contributed by atoms with Gasteiger partial charge < -0.3 is 35.2 Å². The van der Waals surface area contributed by atoms with Crippen LogP contribution in [0.15, 0.2) is 53.9 Å². The van der Waals surface area contributed by atoms with Crippen LogP contribution in [-0.2, 0) is 15.6 Å². The first-order valence-corrected chi connectivity index (χ1v) is 12.6. The molecule has 0 heterocycles. The number of hydrogen-bond donors (Lipinski definition) is 2. The lowest BCUT2D eigenvalue weighted by atomic mass is 10.1. The number of hydrogen-bond acceptors (Lipinski definition) is 10. The Morgan fingerprint density at radius 1 is 0.784 bits per heavy atom. The topological polar surface area (TPSA) is 149 Å². The zero-order valence-corrected chi connectivity index (χ0v) is 21.6. The van der Waals surface area contributed by atoms with E-state index in [1.54, 1.807) is 18.2 Å². The minimum Gasteiger partial charge on any atom is -0.496 e. The summed E-state index contributed by atoms with van der Waals surface area (Å²) in [7, 11) is 2.05. The number of sulfone groups is 1. The zero-order valence-electron chi connectivity index (χ0n) is 20.8. The maximum atomic E-state index is 12.9. The monoisotopic (exact) mass is 528 g/mol. The summed E-state index contributed by atoms with van der Waals surface area (Å²) in [6, 6.07) is 12.1. The first-order chi connectivity index (χ1) is 17.6. The summed E-state index contributed by atoms with van der Waals surface area (Å²) >= 11 is 0. The van der Waals surface area contributed by atoms with E-state index in [2.05, 4.69) is 0 Å². The van der Waals surface area contributed by atoms with Crippen molar-refractivity contribution >= 4 is 33.3 Å². The fourth-order valence-electron chi connectivity index (χ4n) is 3.49. The van der Waals surface area contributed by atoms with Crippen molar-refractivity contribution in [3.63, 3.8) is 0 Å². The van der Waals surface area contributed by atoms with Gasteiger partial charge in [-0.25, -0.2) is 13.2 Å². The highest BCUT2D eigenvalue weighted by Crippen LogP contribution is 2.35. The van der Waals surface area contributed by atoms with E-state index in [9.17, 15) is 13.2 Å². The van der Waals surface area contributed by atoms with E-state index in [0.717, 1.165) is 5.41 Å². The highest BCUT2D eigenvalue weighted by molar-refractivity contribution is 7.93. The molecule has 0 aliphatic carbocycles. The minimum absolute atomic E-state index is 0.0451. The minimum atomic E-state index is -3.76. The van der Waals surface area contributed by atoms with Crippen LogP contribution in [0.2, 0.25) is 0 Å². The Morgan fingerprint density at radius 2 is 1.38 bits per heavy atom. The molecule has 0 aliphatic heterocycles. The molecule has 0 amide bonds. The van der Waals surface area contributed by atoms with Crippen molar-refractivity contribution in [2.24, 2.45) is 0 Å². The van der Waals surface area contributed by atoms with Gasteiger partial charge in [-0.1, -0.05) is 6.07 Å². The van der Waals surface area contributed by atoms with Crippen LogP contribution in [-0.4, -0.2) is 42.8 Å². The Labute approximate surface area is 215 Å². The molecule has 196 valence electrons. The Bertz CT molecular complexity index is 1390. The number of nitrogens with two attached hydrogens (primary N) is 2. The van der Waals surface area contributed by atoms with Crippen LogP contribution in [0, 0.1) is 0 Å². The Kier molecular flexibility index (Phi) is 8.51. The molecular weight excluding hydrogens is 500 g/mol. The molecule has 0 unspecified atom stereocenters. The number of esters is 1. The molecular formula is C26H28N2O8S. The van der Waals surface area contributed by atoms with Gasteiger partial charge in [-0.2, -0.15) is 0 Å². The molecule has 0 fully saturated rings. The van der Waals surface area contributed by atoms with Crippen molar-refractivity contribution in [2.45, 2.75) is 5.75 Å². The van der Waals surface area contributed by atoms with Gasteiger partial charge in [-0.05, 0) is 42.0 Å². The molecule has 10 nitrogen and oxygen atoms in total. The van der Waals surface area contributed by atoms with Crippen LogP contribution in [0.1, 0.15) is 21.5 Å². The second-order valence-corrected chi connectivity index (χ2v) is 9.71. The lowest BCUT2D eigenvalue weighted by molar-refractivity contribution is 0.0729. The van der Waals surface area contributed by atoms with Crippen molar-refractivity contribution in [2.75, 3.05) is 39.9 Å². The van der Waals surface area contributed by atoms with Crippen molar-refractivity contribution < 1.29 is 36.9 Å². The van der Waals surface area contributed by atoms with Crippen LogP contribution in [0.25, 0.3) is 6.08 Å². The number of nitrogen functional groups attached to an aromatic ring is 2. The first kappa shape index (κ1) is 27.2. The molecule has 3 aromatic carbocycles. The fraction of sp³-hybridized carbons (Fsp3) is 0.192. The predicted molar refractivity (Wildman–Crippen MR) is 141 cm³/mol. The standard InChI is InChI=1S/C26H28N2O8S/c1-32-20-13-23(34-3)21(24(14-20)35-4)7-8-37(30,31)15-16-5-6-22(33-2)25(9-16)36-26(29)17-10-18(27)12-19(28)11-17/h5-14H,15,27-28H2,1-4H3. The highest BCUT2D eigenvalue weighted by Gasteiger charge is 2.17. The Balaban J connectivity index is 1.87. The molecule has 0 aromatic heterocycles. The van der Waals surface area contributed by atoms with Crippen LogP contribution in [0.5, 0.6) is 28.7 Å². The van der Waals surface area contributed by atoms with Gasteiger partial charge in [0.1, 0.15) is 17.2 Å². The Hall–Kier alpha value is -4.38. The number of rotatable bonds is 10. The van der Waals surface area contributed by atoms with Crippen LogP contribution >= 0.6 is 0 Å². The summed E-state index contributed by atoms with van der Waals surface area (Å²) in [5, 5.41) is 1.06. The van der Waals surface area contributed by atoms with E-state index in [1.165, 1.54) is 64.8 Å². The van der Waals surface area contributed by atoms with E-state index in [1.807, 2.05) is 0 Å². The maximum Gasteiger partial charge on any atom is 0.343 e. The molecule has 0 bridgehead atoms. The van der Waals surface area contributed by atoms with Crippen molar-refractivity contribution in [3.8, 4) is 28.7 Å². The summed E-state index contributed by atoms with van der Waals surface area (Å²) < 4.78 is 52.5. The van der Waals surface area contributed by atoms with Gasteiger partial charge in [-0.15, -0.1) is 0 Å². The molecule has 37 heavy (non-hydrogen) atoms. The summed E-state index contributed by atoms with van der Waals surface area (Å²) in [6.07, 6.45) is 1.39. The van der Waals surface area contributed by atoms with Gasteiger partial charge in [0, 0.05) is 28.9 Å². The van der Waals surface area contributed by atoms with Gasteiger partial charge >= 0.3 is 5.97 Å². The lowest BCUT2D eigenvalue weighted by Gasteiger charge is -2.13. The van der Waals surface area contributed by atoms with Gasteiger partial charge in [0.2, 0.25) is 0 Å². The molecule has 4 N–H and O–H groups in total. The molecule has 0 radical (unpaired) electrons. The zero-order chi connectivity index (χ0) is 27.2. The number of methoxy groups -OCH3 is 4. The van der Waals surface area contributed by atoms with Crippen molar-refractivity contribution in [3.05, 3.63) is 70.6 Å². The fourth-order valence-corrected chi connectivity index (χ4v) is 4.58. The molecule has 0 saturated heterocycles. The van der Waals surface area contributed by atoms with Crippen LogP contribution in [0.4, 0.5) is 11.4 Å². The van der Waals surface area contributed by atoms with Crippen LogP contribution in [0.3, 0.4) is 0 Å². The number of anilines is 2. The number of carbonyl (C=O) groups is 1. The SMILES string of the molecule is COc1cc(OC)c(C=CS(=O)(=O)Cc2ccc(OC)c(OC(=O)c3cc(N)cc(N)c3)c2)c(OC)c1. The summed E-state index contributed by atoms with van der Waals surface area (Å²) in [4.78, 5) is 12.7. The average molecular weight is 529 g/mol. The quantitative estimate of drug-likeness (QED) is 0.227. The van der Waals surface area contributed by atoms with Crippen molar-refractivity contribution in [1.82, 2.24) is 0 Å². The molecule has 3 aromatic rings. The van der Waals surface area contributed by atoms with Crippen molar-refractivity contribution in [1.29, 1.82) is 0 Å². The molecule has 0 saturated carbocycles. The predicted octanol–water partition coefficient (Wildman–Crippen LogP) is 3.69. The van der Waals surface area contributed by atoms with E-state index in [0.29, 0.717) is 39.8 Å². The van der Waals surface area contributed by atoms with Crippen LogP contribution < -0.4 is 35.2 Å². The van der Waals surface area contributed by atoms with E-state index >= 15 is 0 Å². The second-order valence-electron chi connectivity index (χ2n) is 7.82. The van der Waals surface area contributed by atoms with E-state index in [-0.39, 0.29) is 22.8 Å². The highest BCUT2D eigenvalue weighted by atomic mass is 32.2. The number of benzene rings is 3. The summed E-state index contributed by atoms with van der Waals surface area (Å²) in [5.41, 5.74) is 13.1. The van der Waals surface area contributed by atoms with Gasteiger partial charge in [0.05, 0.1) is 45.3 Å².